The van der Waals surface area contributed by atoms with Gasteiger partial charge in [0.1, 0.15) is 11.9 Å². The van der Waals surface area contributed by atoms with Crippen molar-refractivity contribution in [1.29, 1.82) is 0 Å². The molecule has 4 rings (SSSR count). The summed E-state index contributed by atoms with van der Waals surface area (Å²) in [6.45, 7) is 0.759. The SMILES string of the molecule is COC(=O)N(c1ccc(OC(F)(F)F)cc1CN1C(=O)O[C@H](c2cc(C(F)(F)F)cc(C(F)(F)F)c2)[C@@H]1C)C1CCC1. The summed E-state index contributed by atoms with van der Waals surface area (Å²) in [5.41, 5.74) is -3.77. The largest absolute Gasteiger partial charge is 0.573 e. The van der Waals surface area contributed by atoms with Gasteiger partial charge in [0.2, 0.25) is 0 Å². The molecule has 16 heteroatoms. The summed E-state index contributed by atoms with van der Waals surface area (Å²) in [6, 6.07) is 2.30. The third kappa shape index (κ3) is 6.62. The second kappa shape index (κ2) is 11.1. The number of methoxy groups -OCH3 is 1. The Labute approximate surface area is 232 Å². The van der Waals surface area contributed by atoms with Crippen molar-refractivity contribution >= 4 is 17.9 Å². The predicted octanol–water partition coefficient (Wildman–Crippen LogP) is 7.83. The van der Waals surface area contributed by atoms with Crippen molar-refractivity contribution in [2.75, 3.05) is 12.0 Å². The maximum Gasteiger partial charge on any atom is 0.573 e. The van der Waals surface area contributed by atoms with Crippen molar-refractivity contribution in [3.05, 3.63) is 58.7 Å². The minimum Gasteiger partial charge on any atom is -0.452 e. The summed E-state index contributed by atoms with van der Waals surface area (Å²) in [4.78, 5) is 27.6. The minimum atomic E-state index is -5.14. The third-order valence-electron chi connectivity index (χ3n) is 7.03. The zero-order valence-corrected chi connectivity index (χ0v) is 21.9. The van der Waals surface area contributed by atoms with Crippen molar-refractivity contribution < 1.29 is 63.3 Å². The number of cyclic esters (lactones) is 1. The molecule has 1 aliphatic carbocycles. The lowest BCUT2D eigenvalue weighted by Gasteiger charge is -2.38. The lowest BCUT2D eigenvalue weighted by Crippen LogP contribution is -2.45. The molecule has 1 saturated heterocycles. The monoisotopic (exact) mass is 614 g/mol. The van der Waals surface area contributed by atoms with E-state index < -0.39 is 72.0 Å². The van der Waals surface area contributed by atoms with E-state index in [-0.39, 0.29) is 23.4 Å². The highest BCUT2D eigenvalue weighted by Crippen LogP contribution is 2.42. The zero-order chi connectivity index (χ0) is 31.2. The summed E-state index contributed by atoms with van der Waals surface area (Å²) in [7, 11) is 1.10. The molecule has 1 aliphatic heterocycles. The van der Waals surface area contributed by atoms with E-state index in [1.165, 1.54) is 11.8 Å². The summed E-state index contributed by atoms with van der Waals surface area (Å²) in [6.07, 6.45) is -17.1. The highest BCUT2D eigenvalue weighted by molar-refractivity contribution is 5.90. The standard InChI is InChI=1S/C26H23F9N2O5/c1-13-21(14-8-16(24(27,28)29)11-17(9-14)25(30,31)32)41-22(38)36(13)12-15-10-19(42-26(33,34)35)6-7-20(15)37(23(39)40-2)18-4-3-5-18/h6-11,13,18,21H,3-5,12H2,1-2H3/t13-,21-/m0/s1. The van der Waals surface area contributed by atoms with E-state index in [2.05, 4.69) is 4.74 Å². The third-order valence-corrected chi connectivity index (χ3v) is 7.03. The van der Waals surface area contributed by atoms with Gasteiger partial charge in [0.15, 0.2) is 0 Å². The van der Waals surface area contributed by atoms with E-state index >= 15 is 0 Å². The maximum atomic E-state index is 13.4. The van der Waals surface area contributed by atoms with Gasteiger partial charge in [-0.2, -0.15) is 26.3 Å². The molecule has 0 aromatic heterocycles. The van der Waals surface area contributed by atoms with Crippen molar-refractivity contribution in [3.8, 4) is 5.75 Å². The van der Waals surface area contributed by atoms with Gasteiger partial charge in [-0.1, -0.05) is 0 Å². The summed E-state index contributed by atoms with van der Waals surface area (Å²) >= 11 is 0. The van der Waals surface area contributed by atoms with Gasteiger partial charge in [0.25, 0.3) is 0 Å². The van der Waals surface area contributed by atoms with Crippen LogP contribution >= 0.6 is 0 Å². The van der Waals surface area contributed by atoms with E-state index in [1.54, 1.807) is 0 Å². The van der Waals surface area contributed by atoms with Crippen LogP contribution in [0.2, 0.25) is 0 Å². The number of carbonyl (C=O) groups excluding carboxylic acids is 2. The van der Waals surface area contributed by atoms with Gasteiger partial charge in [-0.15, -0.1) is 13.2 Å². The van der Waals surface area contributed by atoms with Gasteiger partial charge >= 0.3 is 30.9 Å². The van der Waals surface area contributed by atoms with E-state index in [9.17, 15) is 49.1 Å². The highest BCUT2D eigenvalue weighted by atomic mass is 19.4. The van der Waals surface area contributed by atoms with Crippen LogP contribution in [-0.2, 0) is 28.4 Å². The van der Waals surface area contributed by atoms with Crippen LogP contribution < -0.4 is 9.64 Å². The van der Waals surface area contributed by atoms with Crippen LogP contribution in [-0.4, -0.2) is 42.6 Å². The maximum absolute atomic E-state index is 13.4. The average molecular weight is 614 g/mol. The molecule has 1 heterocycles. The van der Waals surface area contributed by atoms with Gasteiger partial charge in [-0.3, -0.25) is 9.80 Å². The summed E-state index contributed by atoms with van der Waals surface area (Å²) in [5.74, 6) is -0.691. The van der Waals surface area contributed by atoms with Gasteiger partial charge in [0, 0.05) is 6.04 Å². The number of anilines is 1. The van der Waals surface area contributed by atoms with Crippen molar-refractivity contribution in [3.63, 3.8) is 0 Å². The van der Waals surface area contributed by atoms with Crippen LogP contribution in [0.25, 0.3) is 0 Å². The number of alkyl halides is 9. The minimum absolute atomic E-state index is 0.0430. The Kier molecular flexibility index (Phi) is 8.21. The Balaban J connectivity index is 1.73. The van der Waals surface area contributed by atoms with Crippen LogP contribution in [0.3, 0.4) is 0 Å². The Morgan fingerprint density at radius 2 is 1.57 bits per heavy atom. The first-order chi connectivity index (χ1) is 19.4. The Hall–Kier alpha value is -3.85. The molecule has 2 fully saturated rings. The molecule has 1 saturated carbocycles. The normalized spacial score (nSPS) is 19.8. The molecule has 7 nitrogen and oxygen atoms in total. The van der Waals surface area contributed by atoms with Crippen molar-refractivity contribution in [2.45, 2.75) is 69.6 Å². The summed E-state index contributed by atoms with van der Waals surface area (Å²) in [5, 5.41) is 0. The number of nitrogens with zero attached hydrogens (tertiary/aromatic N) is 2. The molecule has 2 aromatic carbocycles. The fraction of sp³-hybridized carbons (Fsp3) is 0.462. The molecule has 0 unspecified atom stereocenters. The molecule has 2 aromatic rings. The Morgan fingerprint density at radius 3 is 2.05 bits per heavy atom. The van der Waals surface area contributed by atoms with Crippen molar-refractivity contribution in [1.82, 2.24) is 4.90 Å². The first kappa shape index (κ1) is 31.1. The molecular formula is C26H23F9N2O5. The van der Waals surface area contributed by atoms with Crippen LogP contribution in [0.4, 0.5) is 54.8 Å². The number of benzene rings is 2. The Bertz CT molecular complexity index is 1310. The van der Waals surface area contributed by atoms with Gasteiger partial charge in [-0.25, -0.2) is 9.59 Å². The average Bonchev–Trinajstić information content (AvgIpc) is 3.12. The molecule has 230 valence electrons. The zero-order valence-electron chi connectivity index (χ0n) is 21.9. The van der Waals surface area contributed by atoms with Crippen LogP contribution in [0.15, 0.2) is 36.4 Å². The number of amides is 2. The number of halogens is 9. The summed E-state index contributed by atoms with van der Waals surface area (Å²) < 4.78 is 133. The first-order valence-corrected chi connectivity index (χ1v) is 12.4. The molecule has 0 N–H and O–H groups in total. The number of ether oxygens (including phenoxy) is 3. The van der Waals surface area contributed by atoms with Gasteiger partial charge in [-0.05, 0) is 73.7 Å². The van der Waals surface area contributed by atoms with Gasteiger partial charge < -0.3 is 14.2 Å². The fourth-order valence-corrected chi connectivity index (χ4v) is 4.79. The quantitative estimate of drug-likeness (QED) is 0.311. The number of hydrogen-bond donors (Lipinski definition) is 0. The van der Waals surface area contributed by atoms with Crippen LogP contribution in [0.5, 0.6) is 5.75 Å². The smallest absolute Gasteiger partial charge is 0.452 e. The number of hydrogen-bond acceptors (Lipinski definition) is 5. The molecule has 0 spiro atoms. The highest BCUT2D eigenvalue weighted by Gasteiger charge is 2.44. The van der Waals surface area contributed by atoms with E-state index in [1.807, 2.05) is 0 Å². The molecule has 0 bridgehead atoms. The second-order valence-electron chi connectivity index (χ2n) is 9.78. The number of rotatable bonds is 6. The van der Waals surface area contributed by atoms with Crippen molar-refractivity contribution in [2.24, 2.45) is 0 Å². The van der Waals surface area contributed by atoms with E-state index in [0.717, 1.165) is 36.6 Å². The van der Waals surface area contributed by atoms with E-state index in [0.29, 0.717) is 25.0 Å². The molecule has 0 radical (unpaired) electrons. The topological polar surface area (TPSA) is 68.3 Å². The molecule has 2 aliphatic rings. The molecule has 42 heavy (non-hydrogen) atoms. The molecule has 2 amide bonds. The molecule has 2 atom stereocenters. The first-order valence-electron chi connectivity index (χ1n) is 12.4. The predicted molar refractivity (Wildman–Crippen MR) is 126 cm³/mol. The lowest BCUT2D eigenvalue weighted by molar-refractivity contribution is -0.274. The fourth-order valence-electron chi connectivity index (χ4n) is 4.79. The molecular weight excluding hydrogens is 591 g/mol. The number of carbonyl (C=O) groups is 2. The van der Waals surface area contributed by atoms with E-state index in [4.69, 9.17) is 9.47 Å². The Morgan fingerprint density at radius 1 is 0.976 bits per heavy atom. The van der Waals surface area contributed by atoms with Crippen LogP contribution in [0.1, 0.15) is 54.5 Å². The van der Waals surface area contributed by atoms with Gasteiger partial charge in [0.05, 0.1) is 36.5 Å². The van der Waals surface area contributed by atoms with Crippen LogP contribution in [0, 0.1) is 0 Å². The second-order valence-corrected chi connectivity index (χ2v) is 9.78. The lowest BCUT2D eigenvalue weighted by atomic mass is 9.90.